The second-order valence-corrected chi connectivity index (χ2v) is 4.29. The zero-order valence-corrected chi connectivity index (χ0v) is 10.5. The van der Waals surface area contributed by atoms with Crippen LogP contribution in [0, 0.1) is 13.8 Å². The van der Waals surface area contributed by atoms with Gasteiger partial charge in [-0.1, -0.05) is 6.92 Å². The fourth-order valence-corrected chi connectivity index (χ4v) is 1.84. The molecule has 0 fully saturated rings. The summed E-state index contributed by atoms with van der Waals surface area (Å²) in [4.78, 5) is 4.39. The van der Waals surface area contributed by atoms with Crippen molar-refractivity contribution < 1.29 is 0 Å². The molecule has 4 heteroatoms. The van der Waals surface area contributed by atoms with Crippen LogP contribution in [0.2, 0.25) is 0 Å². The summed E-state index contributed by atoms with van der Waals surface area (Å²) in [5, 5.41) is 4.42. The van der Waals surface area contributed by atoms with Crippen molar-refractivity contribution in [2.45, 2.75) is 33.2 Å². The fraction of sp³-hybridized carbons (Fsp3) is 0.385. The molecule has 2 rings (SSSR count). The summed E-state index contributed by atoms with van der Waals surface area (Å²) in [7, 11) is 0. The molecule has 0 spiro atoms. The van der Waals surface area contributed by atoms with E-state index in [9.17, 15) is 0 Å². The van der Waals surface area contributed by atoms with Gasteiger partial charge in [0.25, 0.3) is 0 Å². The minimum absolute atomic E-state index is 0.0181. The number of rotatable bonds is 3. The predicted molar refractivity (Wildman–Crippen MR) is 68.1 cm³/mol. The number of hydrogen-bond donors (Lipinski definition) is 1. The lowest BCUT2D eigenvalue weighted by Crippen LogP contribution is -2.11. The molecule has 0 aliphatic carbocycles. The van der Waals surface area contributed by atoms with Gasteiger partial charge in [0.2, 0.25) is 0 Å². The summed E-state index contributed by atoms with van der Waals surface area (Å²) in [5.74, 6) is 0. The molecule has 0 bridgehead atoms. The van der Waals surface area contributed by atoms with Gasteiger partial charge >= 0.3 is 0 Å². The van der Waals surface area contributed by atoms with Gasteiger partial charge in [-0.3, -0.25) is 4.98 Å². The molecule has 0 radical (unpaired) electrons. The van der Waals surface area contributed by atoms with E-state index < -0.39 is 0 Å². The Morgan fingerprint density at radius 3 is 2.59 bits per heavy atom. The Hall–Kier alpha value is -1.68. The van der Waals surface area contributed by atoms with Crippen molar-refractivity contribution in [1.29, 1.82) is 0 Å². The van der Waals surface area contributed by atoms with Crippen LogP contribution in [0.5, 0.6) is 0 Å². The Bertz CT molecular complexity index is 499. The first-order chi connectivity index (χ1) is 8.11. The predicted octanol–water partition coefficient (Wildman–Crippen LogP) is 2.29. The molecule has 0 amide bonds. The highest BCUT2D eigenvalue weighted by molar-refractivity contribution is 5.32. The highest BCUT2D eigenvalue weighted by atomic mass is 15.3. The average Bonchev–Trinajstić information content (AvgIpc) is 2.68. The van der Waals surface area contributed by atoms with Crippen molar-refractivity contribution in [1.82, 2.24) is 14.8 Å². The van der Waals surface area contributed by atoms with Gasteiger partial charge in [0.15, 0.2) is 0 Å². The number of nitrogens with zero attached hydrogens (tertiary/aromatic N) is 3. The van der Waals surface area contributed by atoms with E-state index in [0.29, 0.717) is 0 Å². The Balaban J connectivity index is 2.32. The molecule has 0 aromatic carbocycles. The zero-order chi connectivity index (χ0) is 12.4. The Labute approximate surface area is 101 Å². The van der Waals surface area contributed by atoms with E-state index in [1.807, 2.05) is 42.9 Å². The van der Waals surface area contributed by atoms with Crippen LogP contribution >= 0.6 is 0 Å². The van der Waals surface area contributed by atoms with Gasteiger partial charge < -0.3 is 5.73 Å². The number of aryl methyl sites for hydroxylation is 2. The van der Waals surface area contributed by atoms with E-state index >= 15 is 0 Å². The van der Waals surface area contributed by atoms with Crippen molar-refractivity contribution in [2.24, 2.45) is 5.73 Å². The van der Waals surface area contributed by atoms with E-state index in [1.54, 1.807) is 0 Å². The molecule has 0 saturated carbocycles. The van der Waals surface area contributed by atoms with Crippen LogP contribution in [0.3, 0.4) is 0 Å². The molecule has 0 aliphatic rings. The van der Waals surface area contributed by atoms with Crippen molar-refractivity contribution in [3.8, 4) is 5.69 Å². The maximum atomic E-state index is 5.93. The van der Waals surface area contributed by atoms with E-state index in [2.05, 4.69) is 17.0 Å². The monoisotopic (exact) mass is 230 g/mol. The summed E-state index contributed by atoms with van der Waals surface area (Å²) in [6, 6.07) is 6.05. The third kappa shape index (κ3) is 2.36. The van der Waals surface area contributed by atoms with Crippen molar-refractivity contribution in [3.63, 3.8) is 0 Å². The fourth-order valence-electron chi connectivity index (χ4n) is 1.84. The third-order valence-corrected chi connectivity index (χ3v) is 2.84. The molecular weight excluding hydrogens is 212 g/mol. The van der Waals surface area contributed by atoms with Crippen LogP contribution in [-0.2, 0) is 0 Å². The molecular formula is C13H18N4. The average molecular weight is 230 g/mol. The van der Waals surface area contributed by atoms with E-state index in [1.165, 1.54) is 0 Å². The molecule has 90 valence electrons. The van der Waals surface area contributed by atoms with Crippen LogP contribution in [0.25, 0.3) is 5.69 Å². The molecule has 0 saturated heterocycles. The molecule has 0 unspecified atom stereocenters. The lowest BCUT2D eigenvalue weighted by Gasteiger charge is -2.09. The SMILES string of the molecule is CC[C@H](N)c1ccc(-n2nc(C)cc2C)cn1. The number of hydrogen-bond acceptors (Lipinski definition) is 3. The normalized spacial score (nSPS) is 12.7. The molecule has 2 N–H and O–H groups in total. The number of pyridine rings is 1. The first-order valence-electron chi connectivity index (χ1n) is 5.87. The second kappa shape index (κ2) is 4.67. The van der Waals surface area contributed by atoms with Crippen LogP contribution in [0.15, 0.2) is 24.4 Å². The molecule has 2 aromatic heterocycles. The number of aromatic nitrogens is 3. The van der Waals surface area contributed by atoms with Gasteiger partial charge in [-0.25, -0.2) is 4.68 Å². The molecule has 2 heterocycles. The Morgan fingerprint density at radius 1 is 1.35 bits per heavy atom. The topological polar surface area (TPSA) is 56.7 Å². The lowest BCUT2D eigenvalue weighted by molar-refractivity contribution is 0.673. The summed E-state index contributed by atoms with van der Waals surface area (Å²) in [6.45, 7) is 6.07. The minimum Gasteiger partial charge on any atom is -0.323 e. The first-order valence-corrected chi connectivity index (χ1v) is 5.87. The summed E-state index contributed by atoms with van der Waals surface area (Å²) >= 11 is 0. The lowest BCUT2D eigenvalue weighted by atomic mass is 10.1. The van der Waals surface area contributed by atoms with Gasteiger partial charge in [0.05, 0.1) is 23.3 Å². The first kappa shape index (κ1) is 11.8. The summed E-state index contributed by atoms with van der Waals surface area (Å²) in [5.41, 5.74) is 9.95. The smallest absolute Gasteiger partial charge is 0.0832 e. The molecule has 2 aromatic rings. The van der Waals surface area contributed by atoms with Crippen LogP contribution < -0.4 is 5.73 Å². The molecule has 17 heavy (non-hydrogen) atoms. The van der Waals surface area contributed by atoms with Gasteiger partial charge in [-0.15, -0.1) is 0 Å². The van der Waals surface area contributed by atoms with Gasteiger partial charge in [0.1, 0.15) is 0 Å². The third-order valence-electron chi connectivity index (χ3n) is 2.84. The maximum absolute atomic E-state index is 5.93. The molecule has 0 aliphatic heterocycles. The van der Waals surface area contributed by atoms with Crippen LogP contribution in [0.1, 0.15) is 36.5 Å². The van der Waals surface area contributed by atoms with Gasteiger partial charge in [-0.2, -0.15) is 5.10 Å². The van der Waals surface area contributed by atoms with Gasteiger partial charge in [-0.05, 0) is 38.5 Å². The quantitative estimate of drug-likeness (QED) is 0.880. The number of nitrogens with two attached hydrogens (primary N) is 1. The van der Waals surface area contributed by atoms with Crippen molar-refractivity contribution >= 4 is 0 Å². The van der Waals surface area contributed by atoms with Crippen molar-refractivity contribution in [3.05, 3.63) is 41.5 Å². The van der Waals surface area contributed by atoms with E-state index in [-0.39, 0.29) is 6.04 Å². The summed E-state index contributed by atoms with van der Waals surface area (Å²) < 4.78 is 1.89. The Morgan fingerprint density at radius 2 is 2.12 bits per heavy atom. The standard InChI is InChI=1S/C13H18N4/c1-4-12(14)13-6-5-11(8-15-13)17-10(3)7-9(2)16-17/h5-8,12H,4,14H2,1-3H3/t12-/m0/s1. The molecule has 1 atom stereocenters. The highest BCUT2D eigenvalue weighted by Crippen LogP contribution is 2.15. The van der Waals surface area contributed by atoms with Crippen LogP contribution in [0.4, 0.5) is 0 Å². The summed E-state index contributed by atoms with van der Waals surface area (Å²) in [6.07, 6.45) is 2.72. The van der Waals surface area contributed by atoms with E-state index in [0.717, 1.165) is 29.2 Å². The molecule has 4 nitrogen and oxygen atoms in total. The minimum atomic E-state index is 0.0181. The second-order valence-electron chi connectivity index (χ2n) is 4.29. The Kier molecular flexibility index (Phi) is 3.24. The van der Waals surface area contributed by atoms with E-state index in [4.69, 9.17) is 5.73 Å². The zero-order valence-electron chi connectivity index (χ0n) is 10.5. The van der Waals surface area contributed by atoms with Crippen molar-refractivity contribution in [2.75, 3.05) is 0 Å². The largest absolute Gasteiger partial charge is 0.323 e. The van der Waals surface area contributed by atoms with Gasteiger partial charge in [0, 0.05) is 11.7 Å². The maximum Gasteiger partial charge on any atom is 0.0832 e. The highest BCUT2D eigenvalue weighted by Gasteiger charge is 2.07. The van der Waals surface area contributed by atoms with Crippen LogP contribution in [-0.4, -0.2) is 14.8 Å².